The largest absolute Gasteiger partial charge is 0.370 e. The van der Waals surface area contributed by atoms with Crippen LogP contribution in [0.1, 0.15) is 10.5 Å². The van der Waals surface area contributed by atoms with E-state index in [9.17, 15) is 4.79 Å². The van der Waals surface area contributed by atoms with Crippen LogP contribution in [0.4, 0.5) is 5.69 Å². The molecule has 0 aliphatic carbocycles. The van der Waals surface area contributed by atoms with E-state index in [1.54, 1.807) is 0 Å². The summed E-state index contributed by atoms with van der Waals surface area (Å²) in [6.45, 7) is 2.14. The summed E-state index contributed by atoms with van der Waals surface area (Å²) in [6.07, 6.45) is 0. The van der Waals surface area contributed by atoms with Crippen LogP contribution in [0.2, 0.25) is 0 Å². The molecule has 6 nitrogen and oxygen atoms in total. The van der Waals surface area contributed by atoms with Crippen molar-refractivity contribution in [1.82, 2.24) is 15.4 Å². The van der Waals surface area contributed by atoms with E-state index in [0.29, 0.717) is 5.69 Å². The van der Waals surface area contributed by atoms with E-state index in [-0.39, 0.29) is 5.69 Å². The number of benzene rings is 1. The monoisotopic (exact) mass is 289 g/mol. The second-order valence-corrected chi connectivity index (χ2v) is 5.76. The van der Waals surface area contributed by atoms with Crippen LogP contribution in [0.25, 0.3) is 11.3 Å². The fourth-order valence-corrected chi connectivity index (χ4v) is 3.16. The average molecular weight is 289 g/mol. The fourth-order valence-electron chi connectivity index (χ4n) is 2.26. The number of H-pyrrole nitrogens is 1. The van der Waals surface area contributed by atoms with Gasteiger partial charge in [-0.15, -0.1) is 0 Å². The topological polar surface area (TPSA) is 87.9 Å². The second kappa shape index (κ2) is 5.54. The number of nitrogens with two attached hydrogens (primary N) is 1. The van der Waals surface area contributed by atoms with E-state index in [1.165, 1.54) is 5.69 Å². The van der Waals surface area contributed by atoms with Crippen LogP contribution in [0.15, 0.2) is 24.3 Å². The van der Waals surface area contributed by atoms with Gasteiger partial charge in [-0.2, -0.15) is 27.2 Å². The molecular formula is C13H15N5OS. The van der Waals surface area contributed by atoms with Crippen LogP contribution >= 0.6 is 11.8 Å². The molecule has 0 bridgehead atoms. The van der Waals surface area contributed by atoms with E-state index >= 15 is 0 Å². The van der Waals surface area contributed by atoms with Crippen LogP contribution in [0.5, 0.6) is 0 Å². The predicted octanol–water partition coefficient (Wildman–Crippen LogP) is 1.12. The zero-order valence-electron chi connectivity index (χ0n) is 10.9. The molecular weight excluding hydrogens is 274 g/mol. The average Bonchev–Trinajstić information content (AvgIpc) is 2.98. The summed E-state index contributed by atoms with van der Waals surface area (Å²) >= 11 is 1.98. The highest BCUT2D eigenvalue weighted by Crippen LogP contribution is 2.24. The molecule has 1 saturated heterocycles. The molecule has 0 saturated carbocycles. The van der Waals surface area contributed by atoms with Crippen LogP contribution in [-0.4, -0.2) is 45.9 Å². The molecule has 2 aromatic rings. The van der Waals surface area contributed by atoms with Gasteiger partial charge in [-0.1, -0.05) is 12.1 Å². The van der Waals surface area contributed by atoms with Crippen molar-refractivity contribution in [2.24, 2.45) is 5.73 Å². The number of aromatic amines is 1. The van der Waals surface area contributed by atoms with Crippen LogP contribution < -0.4 is 10.6 Å². The van der Waals surface area contributed by atoms with Crippen molar-refractivity contribution < 1.29 is 4.79 Å². The van der Waals surface area contributed by atoms with Gasteiger partial charge in [-0.3, -0.25) is 4.79 Å². The molecule has 3 rings (SSSR count). The van der Waals surface area contributed by atoms with Gasteiger partial charge < -0.3 is 10.6 Å². The van der Waals surface area contributed by atoms with Crippen molar-refractivity contribution in [3.8, 4) is 11.3 Å². The first-order valence-electron chi connectivity index (χ1n) is 6.39. The highest BCUT2D eigenvalue weighted by molar-refractivity contribution is 7.99. The van der Waals surface area contributed by atoms with Gasteiger partial charge in [0.1, 0.15) is 5.69 Å². The third-order valence-electron chi connectivity index (χ3n) is 3.30. The second-order valence-electron chi connectivity index (χ2n) is 4.53. The Kier molecular flexibility index (Phi) is 3.60. The van der Waals surface area contributed by atoms with Gasteiger partial charge >= 0.3 is 0 Å². The zero-order valence-corrected chi connectivity index (χ0v) is 11.7. The molecule has 1 aliphatic heterocycles. The Morgan fingerprint density at radius 3 is 2.55 bits per heavy atom. The minimum absolute atomic E-state index is 0.173. The number of anilines is 1. The maximum Gasteiger partial charge on any atom is 0.271 e. The first-order chi connectivity index (χ1) is 9.75. The third-order valence-corrected chi connectivity index (χ3v) is 4.24. The van der Waals surface area contributed by atoms with Gasteiger partial charge in [0.2, 0.25) is 0 Å². The van der Waals surface area contributed by atoms with Gasteiger partial charge in [0, 0.05) is 35.8 Å². The van der Waals surface area contributed by atoms with Crippen molar-refractivity contribution in [1.29, 1.82) is 0 Å². The molecule has 7 heteroatoms. The summed E-state index contributed by atoms with van der Waals surface area (Å²) in [6, 6.07) is 7.98. The van der Waals surface area contributed by atoms with Gasteiger partial charge in [0.25, 0.3) is 5.91 Å². The molecule has 2 heterocycles. The number of rotatable bonds is 3. The lowest BCUT2D eigenvalue weighted by molar-refractivity contribution is 0.0996. The SMILES string of the molecule is NC(=O)c1n[nH]nc1-c1ccc(N2CCSCC2)cc1. The quantitative estimate of drug-likeness (QED) is 0.884. The molecule has 0 unspecified atom stereocenters. The first kappa shape index (κ1) is 13.0. The fraction of sp³-hybridized carbons (Fsp3) is 0.308. The highest BCUT2D eigenvalue weighted by Gasteiger charge is 2.16. The Morgan fingerprint density at radius 1 is 1.20 bits per heavy atom. The number of nitrogens with zero attached hydrogens (tertiary/aromatic N) is 3. The van der Waals surface area contributed by atoms with Crippen molar-refractivity contribution in [2.75, 3.05) is 29.5 Å². The molecule has 0 atom stereocenters. The molecule has 3 N–H and O–H groups in total. The first-order valence-corrected chi connectivity index (χ1v) is 7.55. The van der Waals surface area contributed by atoms with E-state index in [2.05, 4.69) is 20.3 Å². The molecule has 1 aromatic carbocycles. The lowest BCUT2D eigenvalue weighted by Crippen LogP contribution is -2.32. The minimum atomic E-state index is -0.578. The normalized spacial score (nSPS) is 15.3. The lowest BCUT2D eigenvalue weighted by atomic mass is 10.1. The van der Waals surface area contributed by atoms with E-state index < -0.39 is 5.91 Å². The summed E-state index contributed by atoms with van der Waals surface area (Å²) in [5, 5.41) is 10.2. The Balaban J connectivity index is 1.85. The predicted molar refractivity (Wildman–Crippen MR) is 79.9 cm³/mol. The van der Waals surface area contributed by atoms with Gasteiger partial charge in [-0.05, 0) is 12.1 Å². The molecule has 104 valence electrons. The number of aromatic nitrogens is 3. The Hall–Kier alpha value is -2.02. The number of carbonyl (C=O) groups excluding carboxylic acids is 1. The summed E-state index contributed by atoms with van der Waals surface area (Å²) in [4.78, 5) is 13.6. The maximum absolute atomic E-state index is 11.3. The molecule has 0 spiro atoms. The van der Waals surface area contributed by atoms with Crippen molar-refractivity contribution in [3.05, 3.63) is 30.0 Å². The van der Waals surface area contributed by atoms with E-state index in [0.717, 1.165) is 30.2 Å². The molecule has 1 aliphatic rings. The van der Waals surface area contributed by atoms with Crippen LogP contribution in [-0.2, 0) is 0 Å². The number of hydrogen-bond acceptors (Lipinski definition) is 5. The number of carbonyl (C=O) groups is 1. The van der Waals surface area contributed by atoms with E-state index in [1.807, 2.05) is 36.0 Å². The summed E-state index contributed by atoms with van der Waals surface area (Å²) in [5.74, 6) is 1.75. The number of hydrogen-bond donors (Lipinski definition) is 2. The lowest BCUT2D eigenvalue weighted by Gasteiger charge is -2.28. The Morgan fingerprint density at radius 2 is 1.90 bits per heavy atom. The Bertz CT molecular complexity index is 603. The molecule has 1 amide bonds. The number of thioether (sulfide) groups is 1. The van der Waals surface area contributed by atoms with Crippen LogP contribution in [0.3, 0.4) is 0 Å². The Labute approximate surface area is 120 Å². The summed E-state index contributed by atoms with van der Waals surface area (Å²) in [5.41, 5.74) is 7.97. The third kappa shape index (κ3) is 2.49. The summed E-state index contributed by atoms with van der Waals surface area (Å²) in [7, 11) is 0. The molecule has 20 heavy (non-hydrogen) atoms. The molecule has 1 fully saturated rings. The number of primary amides is 1. The van der Waals surface area contributed by atoms with Crippen LogP contribution in [0, 0.1) is 0 Å². The molecule has 0 radical (unpaired) electrons. The maximum atomic E-state index is 11.3. The number of nitrogens with one attached hydrogen (secondary N) is 1. The van der Waals surface area contributed by atoms with Crippen molar-refractivity contribution in [3.63, 3.8) is 0 Å². The van der Waals surface area contributed by atoms with Gasteiger partial charge in [-0.25, -0.2) is 0 Å². The van der Waals surface area contributed by atoms with E-state index in [4.69, 9.17) is 5.73 Å². The van der Waals surface area contributed by atoms with Crippen molar-refractivity contribution >= 4 is 23.4 Å². The standard InChI is InChI=1S/C13H15N5OS/c14-13(19)12-11(15-17-16-12)9-1-3-10(4-2-9)18-5-7-20-8-6-18/h1-4H,5-8H2,(H2,14,19)(H,15,16,17). The smallest absolute Gasteiger partial charge is 0.271 e. The molecule has 1 aromatic heterocycles. The van der Waals surface area contributed by atoms with Crippen molar-refractivity contribution in [2.45, 2.75) is 0 Å². The van der Waals surface area contributed by atoms with Gasteiger partial charge in [0.05, 0.1) is 0 Å². The van der Waals surface area contributed by atoms with Gasteiger partial charge in [0.15, 0.2) is 5.69 Å². The highest BCUT2D eigenvalue weighted by atomic mass is 32.2. The zero-order chi connectivity index (χ0) is 13.9. The number of amides is 1. The minimum Gasteiger partial charge on any atom is -0.370 e. The summed E-state index contributed by atoms with van der Waals surface area (Å²) < 4.78 is 0.